The number of benzene rings is 1. The standard InChI is InChI=1S/C20H22F3N3O3/c1-28-15-4-2-3-5-16(15)29-17-7-13-10-26(9-12(13)6-14(17)27)19-8-18(20(21,22)23)24-11-25-19/h2-5,8,11-14,17,27H,6-7,9-10H2,1H3/t12-,13+,14+,17+/m0/s1. The Labute approximate surface area is 166 Å². The maximum absolute atomic E-state index is 13.0. The number of aliphatic hydroxyl groups is 1. The van der Waals surface area contributed by atoms with Crippen molar-refractivity contribution in [2.75, 3.05) is 25.1 Å². The van der Waals surface area contributed by atoms with Gasteiger partial charge in [-0.05, 0) is 36.8 Å². The van der Waals surface area contributed by atoms with E-state index in [1.165, 1.54) is 0 Å². The van der Waals surface area contributed by atoms with Gasteiger partial charge < -0.3 is 19.5 Å². The minimum absolute atomic E-state index is 0.173. The molecule has 6 nitrogen and oxygen atoms in total. The molecular formula is C20H22F3N3O3. The maximum atomic E-state index is 13.0. The Morgan fingerprint density at radius 1 is 1.07 bits per heavy atom. The Morgan fingerprint density at radius 3 is 2.45 bits per heavy atom. The van der Waals surface area contributed by atoms with E-state index in [4.69, 9.17) is 9.47 Å². The second-order valence-corrected chi connectivity index (χ2v) is 7.53. The Balaban J connectivity index is 1.47. The van der Waals surface area contributed by atoms with E-state index in [0.29, 0.717) is 37.4 Å². The molecule has 1 aliphatic carbocycles. The summed E-state index contributed by atoms with van der Waals surface area (Å²) in [5, 5.41) is 10.6. The first-order chi connectivity index (χ1) is 13.8. The van der Waals surface area contributed by atoms with E-state index in [1.807, 2.05) is 17.0 Å². The molecule has 1 N–H and O–H groups in total. The van der Waals surface area contributed by atoms with Crippen LogP contribution in [0.4, 0.5) is 19.0 Å². The van der Waals surface area contributed by atoms with E-state index in [9.17, 15) is 18.3 Å². The number of halogens is 3. The van der Waals surface area contributed by atoms with Crippen molar-refractivity contribution in [2.24, 2.45) is 11.8 Å². The topological polar surface area (TPSA) is 67.7 Å². The molecule has 4 rings (SSSR count). The largest absolute Gasteiger partial charge is 0.493 e. The highest BCUT2D eigenvalue weighted by Crippen LogP contribution is 2.40. The smallest absolute Gasteiger partial charge is 0.433 e. The summed E-state index contributed by atoms with van der Waals surface area (Å²) in [5.41, 5.74) is -0.949. The van der Waals surface area contributed by atoms with Gasteiger partial charge in [0.1, 0.15) is 23.9 Å². The quantitative estimate of drug-likeness (QED) is 0.837. The molecule has 2 aromatic rings. The number of alkyl halides is 3. The predicted molar refractivity (Wildman–Crippen MR) is 98.9 cm³/mol. The highest BCUT2D eigenvalue weighted by molar-refractivity contribution is 5.42. The van der Waals surface area contributed by atoms with Gasteiger partial charge in [-0.15, -0.1) is 0 Å². The third kappa shape index (κ3) is 4.10. The minimum Gasteiger partial charge on any atom is -0.493 e. The summed E-state index contributed by atoms with van der Waals surface area (Å²) in [7, 11) is 1.56. The summed E-state index contributed by atoms with van der Waals surface area (Å²) in [4.78, 5) is 9.19. The molecule has 1 aliphatic heterocycles. The molecule has 1 aromatic heterocycles. The number of methoxy groups -OCH3 is 1. The van der Waals surface area contributed by atoms with Crippen molar-refractivity contribution in [3.8, 4) is 11.5 Å². The number of hydrogen-bond acceptors (Lipinski definition) is 6. The van der Waals surface area contributed by atoms with Gasteiger partial charge in [0.25, 0.3) is 0 Å². The predicted octanol–water partition coefficient (Wildman–Crippen LogP) is 3.16. The van der Waals surface area contributed by atoms with Crippen molar-refractivity contribution in [1.29, 1.82) is 0 Å². The molecule has 0 amide bonds. The molecule has 2 fully saturated rings. The zero-order valence-corrected chi connectivity index (χ0v) is 15.8. The highest BCUT2D eigenvalue weighted by Gasteiger charge is 2.43. The van der Waals surface area contributed by atoms with E-state index in [2.05, 4.69) is 9.97 Å². The molecule has 2 aliphatic rings. The summed E-state index contributed by atoms with van der Waals surface area (Å²) in [6, 6.07) is 8.23. The molecule has 0 unspecified atom stereocenters. The van der Waals surface area contributed by atoms with Crippen LogP contribution in [0, 0.1) is 11.8 Å². The van der Waals surface area contributed by atoms with Crippen molar-refractivity contribution in [3.63, 3.8) is 0 Å². The zero-order valence-electron chi connectivity index (χ0n) is 15.8. The molecule has 29 heavy (non-hydrogen) atoms. The summed E-state index contributed by atoms with van der Waals surface area (Å²) in [6.45, 7) is 1.12. The van der Waals surface area contributed by atoms with Crippen LogP contribution >= 0.6 is 0 Å². The van der Waals surface area contributed by atoms with Crippen molar-refractivity contribution in [3.05, 3.63) is 42.4 Å². The Morgan fingerprint density at radius 2 is 1.76 bits per heavy atom. The summed E-state index contributed by atoms with van der Waals surface area (Å²) < 4.78 is 50.2. The summed E-state index contributed by atoms with van der Waals surface area (Å²) >= 11 is 0. The fourth-order valence-electron chi connectivity index (χ4n) is 4.26. The molecule has 1 saturated carbocycles. The van der Waals surface area contributed by atoms with Crippen LogP contribution in [0.1, 0.15) is 18.5 Å². The molecule has 0 bridgehead atoms. The SMILES string of the molecule is COc1ccccc1O[C@@H]1C[C@@H]2CN(c3cc(C(F)(F)F)ncn3)C[C@@H]2C[C@H]1O. The average Bonchev–Trinajstić information content (AvgIpc) is 3.11. The fourth-order valence-corrected chi connectivity index (χ4v) is 4.26. The molecule has 0 radical (unpaired) electrons. The summed E-state index contributed by atoms with van der Waals surface area (Å²) in [6.07, 6.45) is -3.48. The Bertz CT molecular complexity index is 864. The lowest BCUT2D eigenvalue weighted by Crippen LogP contribution is -2.42. The maximum Gasteiger partial charge on any atom is 0.433 e. The number of para-hydroxylation sites is 2. The Kier molecular flexibility index (Phi) is 5.24. The molecule has 1 saturated heterocycles. The molecule has 9 heteroatoms. The Hall–Kier alpha value is -2.55. The second-order valence-electron chi connectivity index (χ2n) is 7.53. The van der Waals surface area contributed by atoms with Crippen molar-refractivity contribution in [2.45, 2.75) is 31.2 Å². The zero-order chi connectivity index (χ0) is 20.6. The van der Waals surface area contributed by atoms with E-state index in [1.54, 1.807) is 19.2 Å². The number of aromatic nitrogens is 2. The van der Waals surface area contributed by atoms with Crippen molar-refractivity contribution >= 4 is 5.82 Å². The molecule has 2 heterocycles. The lowest BCUT2D eigenvalue weighted by atomic mass is 9.78. The average molecular weight is 409 g/mol. The monoisotopic (exact) mass is 409 g/mol. The first-order valence-electron chi connectivity index (χ1n) is 9.47. The highest BCUT2D eigenvalue weighted by atomic mass is 19.4. The molecule has 156 valence electrons. The van der Waals surface area contributed by atoms with Gasteiger partial charge in [-0.3, -0.25) is 0 Å². The minimum atomic E-state index is -4.51. The van der Waals surface area contributed by atoms with Gasteiger partial charge in [0, 0.05) is 19.2 Å². The normalized spacial score (nSPS) is 26.9. The van der Waals surface area contributed by atoms with Gasteiger partial charge in [0.2, 0.25) is 0 Å². The molecule has 1 aromatic carbocycles. The number of anilines is 1. The lowest BCUT2D eigenvalue weighted by molar-refractivity contribution is -0.141. The van der Waals surface area contributed by atoms with Crippen LogP contribution in [0.25, 0.3) is 0 Å². The van der Waals surface area contributed by atoms with Crippen LogP contribution in [0.15, 0.2) is 36.7 Å². The number of rotatable bonds is 4. The lowest BCUT2D eigenvalue weighted by Gasteiger charge is -2.35. The molecular weight excluding hydrogens is 387 g/mol. The van der Waals surface area contributed by atoms with Gasteiger partial charge in [0.15, 0.2) is 11.5 Å². The van der Waals surface area contributed by atoms with E-state index >= 15 is 0 Å². The third-order valence-corrected chi connectivity index (χ3v) is 5.70. The van der Waals surface area contributed by atoms with Gasteiger partial charge in [-0.2, -0.15) is 13.2 Å². The van der Waals surface area contributed by atoms with Crippen LogP contribution in [0.3, 0.4) is 0 Å². The summed E-state index contributed by atoms with van der Waals surface area (Å²) in [5.74, 6) is 1.79. The van der Waals surface area contributed by atoms with Crippen LogP contribution in [0.5, 0.6) is 11.5 Å². The second kappa shape index (κ2) is 7.70. The van der Waals surface area contributed by atoms with E-state index in [0.717, 1.165) is 12.4 Å². The third-order valence-electron chi connectivity index (χ3n) is 5.70. The first-order valence-corrected chi connectivity index (χ1v) is 9.47. The van der Waals surface area contributed by atoms with E-state index < -0.39 is 24.1 Å². The number of ether oxygens (including phenoxy) is 2. The number of aliphatic hydroxyl groups excluding tert-OH is 1. The first kappa shape index (κ1) is 19.8. The van der Waals surface area contributed by atoms with E-state index in [-0.39, 0.29) is 17.7 Å². The van der Waals surface area contributed by atoms with Crippen LogP contribution in [-0.4, -0.2) is 47.5 Å². The van der Waals surface area contributed by atoms with Crippen LogP contribution < -0.4 is 14.4 Å². The fraction of sp³-hybridized carbons (Fsp3) is 0.500. The number of hydrogen-bond donors (Lipinski definition) is 1. The molecule has 0 spiro atoms. The van der Waals surface area contributed by atoms with Gasteiger partial charge in [0.05, 0.1) is 13.2 Å². The van der Waals surface area contributed by atoms with Crippen LogP contribution in [0.2, 0.25) is 0 Å². The van der Waals surface area contributed by atoms with Crippen molar-refractivity contribution < 1.29 is 27.8 Å². The van der Waals surface area contributed by atoms with Crippen LogP contribution in [-0.2, 0) is 6.18 Å². The number of fused-ring (bicyclic) bond motifs is 1. The molecule has 4 atom stereocenters. The van der Waals surface area contributed by atoms with Gasteiger partial charge in [-0.1, -0.05) is 12.1 Å². The van der Waals surface area contributed by atoms with Gasteiger partial charge >= 0.3 is 6.18 Å². The van der Waals surface area contributed by atoms with Crippen molar-refractivity contribution in [1.82, 2.24) is 9.97 Å². The van der Waals surface area contributed by atoms with Gasteiger partial charge in [-0.25, -0.2) is 9.97 Å². The number of nitrogens with zero attached hydrogens (tertiary/aromatic N) is 3.